The van der Waals surface area contributed by atoms with Crippen LogP contribution in [0.25, 0.3) is 0 Å². The maximum absolute atomic E-state index is 13.5. The van der Waals surface area contributed by atoms with Gasteiger partial charge >= 0.3 is 0 Å². The van der Waals surface area contributed by atoms with E-state index in [1.165, 1.54) is 0 Å². The van der Waals surface area contributed by atoms with Gasteiger partial charge in [0, 0.05) is 62.8 Å². The third-order valence-electron chi connectivity index (χ3n) is 7.18. The fraction of sp³-hybridized carbons (Fsp3) is 0.345. The summed E-state index contributed by atoms with van der Waals surface area (Å²) >= 11 is 0. The molecule has 0 radical (unpaired) electrons. The molecule has 0 saturated carbocycles. The molecular formula is C29H33N5O3. The molecule has 3 aromatic rings. The van der Waals surface area contributed by atoms with Crippen molar-refractivity contribution in [2.75, 3.05) is 56.2 Å². The molecule has 2 aliphatic rings. The van der Waals surface area contributed by atoms with Crippen LogP contribution < -0.4 is 19.9 Å². The minimum absolute atomic E-state index is 0.0738. The molecule has 8 nitrogen and oxygen atoms in total. The van der Waals surface area contributed by atoms with E-state index in [4.69, 9.17) is 4.74 Å². The summed E-state index contributed by atoms with van der Waals surface area (Å²) in [6.45, 7) is 4.43. The fourth-order valence-corrected chi connectivity index (χ4v) is 5.08. The van der Waals surface area contributed by atoms with Crippen molar-refractivity contribution in [3.05, 3.63) is 84.1 Å². The lowest BCUT2D eigenvalue weighted by Gasteiger charge is -2.37. The molecule has 1 aromatic heterocycles. The Morgan fingerprint density at radius 1 is 0.865 bits per heavy atom. The van der Waals surface area contributed by atoms with Crippen LogP contribution in [-0.2, 0) is 0 Å². The quantitative estimate of drug-likeness (QED) is 0.560. The van der Waals surface area contributed by atoms with Crippen LogP contribution in [-0.4, -0.2) is 74.1 Å². The number of pyridine rings is 1. The average Bonchev–Trinajstić information content (AvgIpc) is 2.98. The van der Waals surface area contributed by atoms with Gasteiger partial charge in [-0.15, -0.1) is 0 Å². The molecule has 1 N–H and O–H groups in total. The molecular weight excluding hydrogens is 466 g/mol. The number of hydrogen-bond acceptors (Lipinski definition) is 6. The van der Waals surface area contributed by atoms with Crippen LogP contribution in [0.15, 0.2) is 72.9 Å². The highest BCUT2D eigenvalue weighted by atomic mass is 16.5. The van der Waals surface area contributed by atoms with Crippen LogP contribution in [0, 0.1) is 0 Å². The summed E-state index contributed by atoms with van der Waals surface area (Å²) < 4.78 is 5.24. The number of piperazine rings is 1. The van der Waals surface area contributed by atoms with E-state index in [2.05, 4.69) is 20.1 Å². The average molecular weight is 500 g/mol. The molecule has 0 bridgehead atoms. The molecule has 8 heteroatoms. The summed E-state index contributed by atoms with van der Waals surface area (Å²) in [4.78, 5) is 37.1. The molecule has 37 heavy (non-hydrogen) atoms. The minimum Gasteiger partial charge on any atom is -0.497 e. The fourth-order valence-electron chi connectivity index (χ4n) is 5.08. The zero-order valence-corrected chi connectivity index (χ0v) is 21.2. The SMILES string of the molecule is COc1cccc(C(=O)NC2CCN(c3ccccc3C(=O)N3CCN(c4ccccn4)CC3)CC2)c1. The molecule has 0 atom stereocenters. The summed E-state index contributed by atoms with van der Waals surface area (Å²) in [5.41, 5.74) is 2.31. The van der Waals surface area contributed by atoms with Crippen LogP contribution >= 0.6 is 0 Å². The number of amides is 2. The highest BCUT2D eigenvalue weighted by Crippen LogP contribution is 2.26. The monoisotopic (exact) mass is 499 g/mol. The summed E-state index contributed by atoms with van der Waals surface area (Å²) in [5, 5.41) is 3.16. The molecule has 0 unspecified atom stereocenters. The van der Waals surface area contributed by atoms with Crippen molar-refractivity contribution in [3.63, 3.8) is 0 Å². The van der Waals surface area contributed by atoms with Gasteiger partial charge in [-0.3, -0.25) is 9.59 Å². The molecule has 2 fully saturated rings. The zero-order chi connectivity index (χ0) is 25.6. The second-order valence-corrected chi connectivity index (χ2v) is 9.45. The molecule has 2 aromatic carbocycles. The molecule has 5 rings (SSSR count). The summed E-state index contributed by atoms with van der Waals surface area (Å²) in [6, 6.07) is 21.1. The molecule has 2 saturated heterocycles. The third kappa shape index (κ3) is 5.69. The lowest BCUT2D eigenvalue weighted by molar-refractivity contribution is 0.0747. The maximum Gasteiger partial charge on any atom is 0.256 e. The van der Waals surface area contributed by atoms with Crippen LogP contribution in [0.2, 0.25) is 0 Å². The molecule has 2 aliphatic heterocycles. The lowest BCUT2D eigenvalue weighted by Crippen LogP contribution is -2.49. The number of para-hydroxylation sites is 1. The van der Waals surface area contributed by atoms with Crippen molar-refractivity contribution in [1.82, 2.24) is 15.2 Å². The topological polar surface area (TPSA) is 78.0 Å². The Labute approximate surface area is 217 Å². The standard InChI is InChI=1S/C29H33N5O3/c1-37-24-8-6-7-22(21-24)28(35)31-23-12-15-32(16-13-23)26-10-3-2-9-25(26)29(36)34-19-17-33(18-20-34)27-11-4-5-14-30-27/h2-11,14,21,23H,12-13,15-20H2,1H3,(H,31,35). The molecule has 0 aliphatic carbocycles. The normalized spacial score (nSPS) is 16.4. The first-order valence-corrected chi connectivity index (χ1v) is 12.9. The van der Waals surface area contributed by atoms with Gasteiger partial charge in [-0.05, 0) is 55.3 Å². The number of methoxy groups -OCH3 is 1. The van der Waals surface area contributed by atoms with Crippen molar-refractivity contribution >= 4 is 23.3 Å². The number of benzene rings is 2. The maximum atomic E-state index is 13.5. The third-order valence-corrected chi connectivity index (χ3v) is 7.18. The van der Waals surface area contributed by atoms with E-state index in [-0.39, 0.29) is 17.9 Å². The predicted molar refractivity (Wildman–Crippen MR) is 144 cm³/mol. The lowest BCUT2D eigenvalue weighted by atomic mass is 10.0. The van der Waals surface area contributed by atoms with Crippen molar-refractivity contribution in [2.24, 2.45) is 0 Å². The second-order valence-electron chi connectivity index (χ2n) is 9.45. The van der Waals surface area contributed by atoms with Gasteiger partial charge in [0.25, 0.3) is 11.8 Å². The summed E-state index contributed by atoms with van der Waals surface area (Å²) in [6.07, 6.45) is 3.44. The highest BCUT2D eigenvalue weighted by molar-refractivity contribution is 6.00. The highest BCUT2D eigenvalue weighted by Gasteiger charge is 2.28. The number of rotatable bonds is 6. The van der Waals surface area contributed by atoms with E-state index < -0.39 is 0 Å². The van der Waals surface area contributed by atoms with Gasteiger partial charge in [-0.1, -0.05) is 24.3 Å². The Morgan fingerprint density at radius 2 is 1.62 bits per heavy atom. The largest absolute Gasteiger partial charge is 0.497 e. The Balaban J connectivity index is 1.18. The van der Waals surface area contributed by atoms with Crippen LogP contribution in [0.1, 0.15) is 33.6 Å². The van der Waals surface area contributed by atoms with Crippen LogP contribution in [0.3, 0.4) is 0 Å². The number of nitrogens with zero attached hydrogens (tertiary/aromatic N) is 4. The number of nitrogens with one attached hydrogen (secondary N) is 1. The van der Waals surface area contributed by atoms with E-state index in [9.17, 15) is 9.59 Å². The van der Waals surface area contributed by atoms with Crippen molar-refractivity contribution in [3.8, 4) is 5.75 Å². The predicted octanol–water partition coefficient (Wildman–Crippen LogP) is 3.45. The second kappa shape index (κ2) is 11.3. The van der Waals surface area contributed by atoms with Crippen molar-refractivity contribution in [2.45, 2.75) is 18.9 Å². The van der Waals surface area contributed by atoms with E-state index >= 15 is 0 Å². The van der Waals surface area contributed by atoms with Crippen molar-refractivity contribution in [1.29, 1.82) is 0 Å². The number of aromatic nitrogens is 1. The first-order chi connectivity index (χ1) is 18.1. The van der Waals surface area contributed by atoms with Gasteiger partial charge in [-0.25, -0.2) is 4.98 Å². The Kier molecular flexibility index (Phi) is 7.54. The zero-order valence-electron chi connectivity index (χ0n) is 21.2. The first-order valence-electron chi connectivity index (χ1n) is 12.9. The molecule has 192 valence electrons. The number of piperidine rings is 1. The van der Waals surface area contributed by atoms with Gasteiger partial charge in [0.2, 0.25) is 0 Å². The summed E-state index contributed by atoms with van der Waals surface area (Å²) in [5.74, 6) is 1.61. The molecule has 0 spiro atoms. The smallest absolute Gasteiger partial charge is 0.256 e. The number of anilines is 2. The van der Waals surface area contributed by atoms with Gasteiger partial charge in [-0.2, -0.15) is 0 Å². The van der Waals surface area contributed by atoms with E-state index in [0.29, 0.717) is 24.4 Å². The Bertz CT molecular complexity index is 1220. The van der Waals surface area contributed by atoms with E-state index in [0.717, 1.165) is 56.1 Å². The summed E-state index contributed by atoms with van der Waals surface area (Å²) in [7, 11) is 1.59. The van der Waals surface area contributed by atoms with Gasteiger partial charge in [0.15, 0.2) is 0 Å². The van der Waals surface area contributed by atoms with Gasteiger partial charge < -0.3 is 24.8 Å². The number of carbonyl (C=O) groups excluding carboxylic acids is 2. The number of ether oxygens (including phenoxy) is 1. The number of carbonyl (C=O) groups is 2. The first kappa shape index (κ1) is 24.6. The van der Waals surface area contributed by atoms with E-state index in [1.807, 2.05) is 59.5 Å². The Hall–Kier alpha value is -4.07. The van der Waals surface area contributed by atoms with Gasteiger partial charge in [0.1, 0.15) is 11.6 Å². The van der Waals surface area contributed by atoms with Crippen molar-refractivity contribution < 1.29 is 14.3 Å². The minimum atomic E-state index is -0.0854. The van der Waals surface area contributed by atoms with Crippen LogP contribution in [0.5, 0.6) is 5.75 Å². The Morgan fingerprint density at radius 3 is 2.35 bits per heavy atom. The molecule has 2 amide bonds. The van der Waals surface area contributed by atoms with Crippen LogP contribution in [0.4, 0.5) is 11.5 Å². The molecule has 3 heterocycles. The number of hydrogen-bond donors (Lipinski definition) is 1. The van der Waals surface area contributed by atoms with Gasteiger partial charge in [0.05, 0.1) is 12.7 Å². The van der Waals surface area contributed by atoms with E-state index in [1.54, 1.807) is 25.4 Å².